The zero-order chi connectivity index (χ0) is 13.0. The van der Waals surface area contributed by atoms with E-state index in [2.05, 4.69) is 34.7 Å². The Balaban J connectivity index is 1.81. The van der Waals surface area contributed by atoms with Crippen LogP contribution in [0.25, 0.3) is 0 Å². The van der Waals surface area contributed by atoms with Gasteiger partial charge in [-0.1, -0.05) is 22.9 Å². The van der Waals surface area contributed by atoms with Crippen LogP contribution in [-0.4, -0.2) is 30.1 Å². The smallest absolute Gasteiger partial charge is 0.119 e. The Hall–Kier alpha value is -0.540. The van der Waals surface area contributed by atoms with E-state index in [-0.39, 0.29) is 0 Å². The molecule has 100 valence electrons. The molecule has 1 saturated heterocycles. The summed E-state index contributed by atoms with van der Waals surface area (Å²) in [5.41, 5.74) is 0. The van der Waals surface area contributed by atoms with Gasteiger partial charge in [-0.15, -0.1) is 0 Å². The number of benzene rings is 1. The van der Waals surface area contributed by atoms with Gasteiger partial charge in [0.15, 0.2) is 0 Å². The molecule has 1 aliphatic rings. The van der Waals surface area contributed by atoms with Gasteiger partial charge in [-0.3, -0.25) is 0 Å². The fourth-order valence-electron chi connectivity index (χ4n) is 2.40. The first kappa shape index (κ1) is 13.9. The number of halogens is 1. The predicted octanol–water partition coefficient (Wildman–Crippen LogP) is 4.09. The van der Waals surface area contributed by atoms with E-state index in [0.717, 1.165) is 36.2 Å². The molecule has 2 nitrogen and oxygen atoms in total. The Morgan fingerprint density at radius 2 is 1.89 bits per heavy atom. The fraction of sp³-hybridized carbons (Fsp3) is 0.600. The van der Waals surface area contributed by atoms with E-state index < -0.39 is 0 Å². The number of hydrogen-bond acceptors (Lipinski definition) is 2. The van der Waals surface area contributed by atoms with Gasteiger partial charge in [-0.25, -0.2) is 0 Å². The summed E-state index contributed by atoms with van der Waals surface area (Å²) in [6.07, 6.45) is 3.89. The second-order valence-electron chi connectivity index (χ2n) is 5.06. The molecule has 0 spiro atoms. The molecule has 1 aliphatic heterocycles. The Morgan fingerprint density at radius 1 is 1.28 bits per heavy atom. The Bertz CT molecular complexity index is 357. The lowest BCUT2D eigenvalue weighted by molar-refractivity contribution is 0.0788. The van der Waals surface area contributed by atoms with Crippen LogP contribution in [0, 0.1) is 0 Å². The lowest BCUT2D eigenvalue weighted by Crippen LogP contribution is -2.42. The standard InChI is InChI=1S/C15H22BrNO/c1-3-12(2)17-10-8-15(9-11-17)18-14-6-4-13(16)5-7-14/h4-7,12,15H,3,8-11H2,1-2H3. The molecule has 0 amide bonds. The van der Waals surface area contributed by atoms with E-state index in [9.17, 15) is 0 Å². The first-order chi connectivity index (χ1) is 8.69. The van der Waals surface area contributed by atoms with E-state index in [1.807, 2.05) is 24.3 Å². The molecule has 0 N–H and O–H groups in total. The largest absolute Gasteiger partial charge is 0.490 e. The van der Waals surface area contributed by atoms with Gasteiger partial charge in [-0.05, 0) is 50.5 Å². The van der Waals surface area contributed by atoms with Crippen LogP contribution >= 0.6 is 15.9 Å². The van der Waals surface area contributed by atoms with Crippen LogP contribution < -0.4 is 4.74 Å². The van der Waals surface area contributed by atoms with Crippen LogP contribution in [-0.2, 0) is 0 Å². The molecule has 2 rings (SSSR count). The highest BCUT2D eigenvalue weighted by Gasteiger charge is 2.22. The molecule has 0 radical (unpaired) electrons. The number of piperidine rings is 1. The molecular weight excluding hydrogens is 290 g/mol. The van der Waals surface area contributed by atoms with Gasteiger partial charge in [-0.2, -0.15) is 0 Å². The normalized spacial score (nSPS) is 19.7. The molecule has 18 heavy (non-hydrogen) atoms. The Morgan fingerprint density at radius 3 is 2.44 bits per heavy atom. The zero-order valence-corrected chi connectivity index (χ0v) is 12.8. The molecule has 3 heteroatoms. The summed E-state index contributed by atoms with van der Waals surface area (Å²) in [4.78, 5) is 2.57. The number of nitrogens with zero attached hydrogens (tertiary/aromatic N) is 1. The molecule has 1 fully saturated rings. The van der Waals surface area contributed by atoms with E-state index >= 15 is 0 Å². The number of hydrogen-bond donors (Lipinski definition) is 0. The maximum atomic E-state index is 6.02. The van der Waals surface area contributed by atoms with Gasteiger partial charge >= 0.3 is 0 Å². The molecule has 1 aromatic rings. The van der Waals surface area contributed by atoms with Crippen LogP contribution in [0.1, 0.15) is 33.1 Å². The maximum Gasteiger partial charge on any atom is 0.119 e. The first-order valence-corrected chi connectivity index (χ1v) is 7.64. The van der Waals surface area contributed by atoms with Crippen LogP contribution in [0.5, 0.6) is 5.75 Å². The van der Waals surface area contributed by atoms with E-state index in [0.29, 0.717) is 12.1 Å². The van der Waals surface area contributed by atoms with Gasteiger partial charge in [0.1, 0.15) is 11.9 Å². The second kappa shape index (κ2) is 6.58. The minimum atomic E-state index is 0.381. The summed E-state index contributed by atoms with van der Waals surface area (Å²) in [5.74, 6) is 0.986. The summed E-state index contributed by atoms with van der Waals surface area (Å²) < 4.78 is 7.12. The van der Waals surface area contributed by atoms with Crippen molar-refractivity contribution in [1.82, 2.24) is 4.90 Å². The van der Waals surface area contributed by atoms with Crippen molar-refractivity contribution in [3.8, 4) is 5.75 Å². The summed E-state index contributed by atoms with van der Waals surface area (Å²) in [6, 6.07) is 8.84. The van der Waals surface area contributed by atoms with Crippen molar-refractivity contribution in [1.29, 1.82) is 0 Å². The van der Waals surface area contributed by atoms with Gasteiger partial charge in [0.25, 0.3) is 0 Å². The molecule has 0 saturated carbocycles. The van der Waals surface area contributed by atoms with Gasteiger partial charge in [0.2, 0.25) is 0 Å². The minimum Gasteiger partial charge on any atom is -0.490 e. The summed E-state index contributed by atoms with van der Waals surface area (Å²) in [7, 11) is 0. The van der Waals surface area contributed by atoms with Gasteiger partial charge in [0.05, 0.1) is 0 Å². The molecule has 1 unspecified atom stereocenters. The van der Waals surface area contributed by atoms with E-state index in [1.54, 1.807) is 0 Å². The average Bonchev–Trinajstić information content (AvgIpc) is 2.41. The van der Waals surface area contributed by atoms with Crippen LogP contribution in [0.4, 0.5) is 0 Å². The van der Waals surface area contributed by atoms with Crippen molar-refractivity contribution in [2.24, 2.45) is 0 Å². The molecule has 1 atom stereocenters. The quantitative estimate of drug-likeness (QED) is 0.830. The molecule has 0 aliphatic carbocycles. The van der Waals surface area contributed by atoms with Gasteiger partial charge in [0, 0.05) is 23.6 Å². The van der Waals surface area contributed by atoms with Crippen LogP contribution in [0.2, 0.25) is 0 Å². The van der Waals surface area contributed by atoms with Crippen LogP contribution in [0.3, 0.4) is 0 Å². The predicted molar refractivity (Wildman–Crippen MR) is 79.1 cm³/mol. The number of ether oxygens (including phenoxy) is 1. The third kappa shape index (κ3) is 3.72. The van der Waals surface area contributed by atoms with Crippen molar-refractivity contribution in [2.75, 3.05) is 13.1 Å². The van der Waals surface area contributed by atoms with Crippen molar-refractivity contribution in [3.05, 3.63) is 28.7 Å². The highest BCUT2D eigenvalue weighted by atomic mass is 79.9. The fourth-order valence-corrected chi connectivity index (χ4v) is 2.66. The van der Waals surface area contributed by atoms with Crippen molar-refractivity contribution >= 4 is 15.9 Å². The molecule has 1 aromatic carbocycles. The number of likely N-dealkylation sites (tertiary alicyclic amines) is 1. The maximum absolute atomic E-state index is 6.02. The Kier molecular flexibility index (Phi) is 5.07. The lowest BCUT2D eigenvalue weighted by Gasteiger charge is -2.35. The molecule has 0 bridgehead atoms. The molecular formula is C15H22BrNO. The van der Waals surface area contributed by atoms with Crippen molar-refractivity contribution in [2.45, 2.75) is 45.3 Å². The highest BCUT2D eigenvalue weighted by molar-refractivity contribution is 9.10. The highest BCUT2D eigenvalue weighted by Crippen LogP contribution is 2.22. The average molecular weight is 312 g/mol. The Labute approximate surface area is 118 Å². The van der Waals surface area contributed by atoms with Crippen LogP contribution in [0.15, 0.2) is 28.7 Å². The third-order valence-electron chi connectivity index (χ3n) is 3.81. The van der Waals surface area contributed by atoms with E-state index in [4.69, 9.17) is 4.74 Å². The minimum absolute atomic E-state index is 0.381. The summed E-state index contributed by atoms with van der Waals surface area (Å²) in [5, 5.41) is 0. The van der Waals surface area contributed by atoms with Crippen molar-refractivity contribution < 1.29 is 4.74 Å². The van der Waals surface area contributed by atoms with Gasteiger partial charge < -0.3 is 9.64 Å². The first-order valence-electron chi connectivity index (χ1n) is 6.85. The van der Waals surface area contributed by atoms with E-state index in [1.165, 1.54) is 6.42 Å². The summed E-state index contributed by atoms with van der Waals surface area (Å²) in [6.45, 7) is 6.90. The second-order valence-corrected chi connectivity index (χ2v) is 5.98. The topological polar surface area (TPSA) is 12.5 Å². The third-order valence-corrected chi connectivity index (χ3v) is 4.34. The molecule has 0 aromatic heterocycles. The lowest BCUT2D eigenvalue weighted by atomic mass is 10.0. The SMILES string of the molecule is CCC(C)N1CCC(Oc2ccc(Br)cc2)CC1. The van der Waals surface area contributed by atoms with Crippen molar-refractivity contribution in [3.63, 3.8) is 0 Å². The summed E-state index contributed by atoms with van der Waals surface area (Å²) >= 11 is 3.44. The number of rotatable bonds is 4. The monoisotopic (exact) mass is 311 g/mol. The molecule has 1 heterocycles. The zero-order valence-electron chi connectivity index (χ0n) is 11.2.